The first-order valence-corrected chi connectivity index (χ1v) is 7.30. The normalized spacial score (nSPS) is 14.3. The van der Waals surface area contributed by atoms with Gasteiger partial charge in [-0.15, -0.1) is 0 Å². The van der Waals surface area contributed by atoms with Crippen LogP contribution in [-0.4, -0.2) is 5.78 Å². The number of benzene rings is 2. The van der Waals surface area contributed by atoms with E-state index >= 15 is 0 Å². The predicted molar refractivity (Wildman–Crippen MR) is 84.0 cm³/mol. The molecule has 0 spiro atoms. The van der Waals surface area contributed by atoms with Crippen LogP contribution in [0.1, 0.15) is 24.0 Å². The SMILES string of the molecule is O=C(C=Cc1ccc(OCc2ccccc2)cc1)C1CC1. The number of carbonyl (C=O) groups is 1. The molecule has 2 aromatic carbocycles. The number of hydrogen-bond acceptors (Lipinski definition) is 2. The van der Waals surface area contributed by atoms with Gasteiger partial charge in [-0.05, 0) is 42.2 Å². The van der Waals surface area contributed by atoms with E-state index in [1.165, 1.54) is 0 Å². The van der Waals surface area contributed by atoms with Gasteiger partial charge in [-0.25, -0.2) is 0 Å². The van der Waals surface area contributed by atoms with Crippen LogP contribution >= 0.6 is 0 Å². The Bertz CT molecular complexity index is 622. The highest BCUT2D eigenvalue weighted by Crippen LogP contribution is 2.30. The lowest BCUT2D eigenvalue weighted by molar-refractivity contribution is -0.115. The average Bonchev–Trinajstić information content (AvgIpc) is 3.37. The minimum atomic E-state index is 0.249. The minimum Gasteiger partial charge on any atom is -0.489 e. The van der Waals surface area contributed by atoms with Gasteiger partial charge in [0.2, 0.25) is 0 Å². The minimum absolute atomic E-state index is 0.249. The highest BCUT2D eigenvalue weighted by atomic mass is 16.5. The van der Waals surface area contributed by atoms with Crippen molar-refractivity contribution in [3.05, 3.63) is 71.8 Å². The molecule has 21 heavy (non-hydrogen) atoms. The summed E-state index contributed by atoms with van der Waals surface area (Å²) < 4.78 is 5.73. The third-order valence-corrected chi connectivity index (χ3v) is 3.55. The van der Waals surface area contributed by atoms with Crippen LogP contribution in [0.4, 0.5) is 0 Å². The van der Waals surface area contributed by atoms with Crippen molar-refractivity contribution in [2.24, 2.45) is 5.92 Å². The lowest BCUT2D eigenvalue weighted by Crippen LogP contribution is -1.95. The van der Waals surface area contributed by atoms with Crippen LogP contribution in [0.25, 0.3) is 6.08 Å². The molecule has 1 saturated carbocycles. The largest absolute Gasteiger partial charge is 0.489 e. The van der Waals surface area contributed by atoms with Gasteiger partial charge >= 0.3 is 0 Å². The Morgan fingerprint density at radius 1 is 1.05 bits per heavy atom. The van der Waals surface area contributed by atoms with Crippen molar-refractivity contribution >= 4 is 11.9 Å². The van der Waals surface area contributed by atoms with E-state index in [1.54, 1.807) is 6.08 Å². The van der Waals surface area contributed by atoms with Crippen molar-refractivity contribution in [3.8, 4) is 5.75 Å². The molecule has 2 aromatic rings. The number of carbonyl (C=O) groups excluding carboxylic acids is 1. The summed E-state index contributed by atoms with van der Waals surface area (Å²) in [5.41, 5.74) is 2.17. The quantitative estimate of drug-likeness (QED) is 0.738. The summed E-state index contributed by atoms with van der Waals surface area (Å²) in [4.78, 5) is 11.6. The molecule has 0 atom stereocenters. The topological polar surface area (TPSA) is 26.3 Å². The molecule has 0 unspecified atom stereocenters. The molecule has 0 amide bonds. The maximum Gasteiger partial charge on any atom is 0.158 e. The molecule has 0 radical (unpaired) electrons. The van der Waals surface area contributed by atoms with Crippen LogP contribution in [0.5, 0.6) is 5.75 Å². The second-order valence-electron chi connectivity index (χ2n) is 5.35. The van der Waals surface area contributed by atoms with E-state index in [-0.39, 0.29) is 11.7 Å². The lowest BCUT2D eigenvalue weighted by Gasteiger charge is -2.06. The average molecular weight is 278 g/mol. The standard InChI is InChI=1S/C19H18O2/c20-19(17-9-10-17)13-8-15-6-11-18(12-7-15)21-14-16-4-2-1-3-5-16/h1-8,11-13,17H,9-10,14H2. The van der Waals surface area contributed by atoms with Crippen molar-refractivity contribution in [1.29, 1.82) is 0 Å². The van der Waals surface area contributed by atoms with Gasteiger partial charge in [0.1, 0.15) is 12.4 Å². The molecule has 0 aromatic heterocycles. The van der Waals surface area contributed by atoms with Gasteiger partial charge in [0.05, 0.1) is 0 Å². The summed E-state index contributed by atoms with van der Waals surface area (Å²) in [7, 11) is 0. The van der Waals surface area contributed by atoms with E-state index in [9.17, 15) is 4.79 Å². The maximum absolute atomic E-state index is 11.6. The van der Waals surface area contributed by atoms with E-state index in [2.05, 4.69) is 0 Å². The molecule has 2 nitrogen and oxygen atoms in total. The van der Waals surface area contributed by atoms with Crippen LogP contribution in [0, 0.1) is 5.92 Å². The first-order chi connectivity index (χ1) is 10.3. The van der Waals surface area contributed by atoms with Crippen molar-refractivity contribution in [2.45, 2.75) is 19.4 Å². The highest BCUT2D eigenvalue weighted by molar-refractivity contribution is 5.96. The number of allylic oxidation sites excluding steroid dienone is 1. The van der Waals surface area contributed by atoms with Gasteiger partial charge in [0.25, 0.3) is 0 Å². The number of rotatable bonds is 6. The van der Waals surface area contributed by atoms with E-state index in [0.29, 0.717) is 6.61 Å². The van der Waals surface area contributed by atoms with Gasteiger partial charge < -0.3 is 4.74 Å². The molecule has 0 aliphatic heterocycles. The van der Waals surface area contributed by atoms with Crippen LogP contribution in [0.2, 0.25) is 0 Å². The molecular weight excluding hydrogens is 260 g/mol. The fraction of sp³-hybridized carbons (Fsp3) is 0.211. The van der Waals surface area contributed by atoms with Crippen molar-refractivity contribution in [2.75, 3.05) is 0 Å². The molecule has 106 valence electrons. The molecular formula is C19H18O2. The third-order valence-electron chi connectivity index (χ3n) is 3.55. The molecule has 3 rings (SSSR count). The first-order valence-electron chi connectivity index (χ1n) is 7.30. The van der Waals surface area contributed by atoms with E-state index < -0.39 is 0 Å². The van der Waals surface area contributed by atoms with Gasteiger partial charge in [-0.2, -0.15) is 0 Å². The van der Waals surface area contributed by atoms with E-state index in [4.69, 9.17) is 4.74 Å². The Morgan fingerprint density at radius 3 is 2.43 bits per heavy atom. The third kappa shape index (κ3) is 4.06. The Hall–Kier alpha value is -2.35. The van der Waals surface area contributed by atoms with E-state index in [0.717, 1.165) is 29.7 Å². The van der Waals surface area contributed by atoms with Crippen LogP contribution < -0.4 is 4.74 Å². The second-order valence-corrected chi connectivity index (χ2v) is 5.35. The Kier molecular flexibility index (Phi) is 4.15. The molecule has 1 aliphatic rings. The zero-order valence-corrected chi connectivity index (χ0v) is 11.9. The van der Waals surface area contributed by atoms with Gasteiger partial charge in [-0.1, -0.05) is 48.5 Å². The molecule has 1 fully saturated rings. The van der Waals surface area contributed by atoms with Gasteiger partial charge in [-0.3, -0.25) is 4.79 Å². The zero-order valence-electron chi connectivity index (χ0n) is 11.9. The van der Waals surface area contributed by atoms with Crippen molar-refractivity contribution in [1.82, 2.24) is 0 Å². The number of ketones is 1. The number of hydrogen-bond donors (Lipinski definition) is 0. The Morgan fingerprint density at radius 2 is 1.76 bits per heavy atom. The van der Waals surface area contributed by atoms with Crippen molar-refractivity contribution < 1.29 is 9.53 Å². The maximum atomic E-state index is 11.6. The summed E-state index contributed by atoms with van der Waals surface area (Å²) >= 11 is 0. The lowest BCUT2D eigenvalue weighted by atomic mass is 10.1. The monoisotopic (exact) mass is 278 g/mol. The van der Waals surface area contributed by atoms with Gasteiger partial charge in [0, 0.05) is 5.92 Å². The summed E-state index contributed by atoms with van der Waals surface area (Å²) in [6.07, 6.45) is 5.67. The summed E-state index contributed by atoms with van der Waals surface area (Å²) in [5, 5.41) is 0. The second kappa shape index (κ2) is 6.40. The smallest absolute Gasteiger partial charge is 0.158 e. The van der Waals surface area contributed by atoms with E-state index in [1.807, 2.05) is 60.7 Å². The first kappa shape index (κ1) is 13.6. The molecule has 0 bridgehead atoms. The number of ether oxygens (including phenoxy) is 1. The molecule has 0 saturated heterocycles. The molecule has 1 aliphatic carbocycles. The Balaban J connectivity index is 1.55. The summed E-state index contributed by atoms with van der Waals surface area (Å²) in [6, 6.07) is 17.9. The fourth-order valence-electron chi connectivity index (χ4n) is 2.10. The fourth-order valence-corrected chi connectivity index (χ4v) is 2.10. The van der Waals surface area contributed by atoms with Crippen molar-refractivity contribution in [3.63, 3.8) is 0 Å². The van der Waals surface area contributed by atoms with Crippen LogP contribution in [-0.2, 0) is 11.4 Å². The van der Waals surface area contributed by atoms with Crippen LogP contribution in [0.15, 0.2) is 60.7 Å². The molecule has 0 N–H and O–H groups in total. The summed E-state index contributed by atoms with van der Waals surface area (Å²) in [6.45, 7) is 0.566. The highest BCUT2D eigenvalue weighted by Gasteiger charge is 2.27. The Labute approximate surface area is 125 Å². The van der Waals surface area contributed by atoms with Crippen LogP contribution in [0.3, 0.4) is 0 Å². The summed E-state index contributed by atoms with van der Waals surface area (Å²) in [5.74, 6) is 1.37. The zero-order chi connectivity index (χ0) is 14.5. The molecule has 0 heterocycles. The molecule has 2 heteroatoms. The predicted octanol–water partition coefficient (Wildman–Crippen LogP) is 4.26. The van der Waals surface area contributed by atoms with Gasteiger partial charge in [0.15, 0.2) is 5.78 Å².